The van der Waals surface area contributed by atoms with Crippen LogP contribution < -0.4 is 9.64 Å². The lowest BCUT2D eigenvalue weighted by Crippen LogP contribution is -2.29. The van der Waals surface area contributed by atoms with E-state index in [2.05, 4.69) is 18.8 Å². The predicted molar refractivity (Wildman–Crippen MR) is 130 cm³/mol. The Morgan fingerprint density at radius 2 is 1.70 bits per heavy atom. The minimum Gasteiger partial charge on any atom is -0.507 e. The van der Waals surface area contributed by atoms with Gasteiger partial charge in [0.15, 0.2) is 5.13 Å². The largest absolute Gasteiger partial charge is 0.507 e. The van der Waals surface area contributed by atoms with Crippen molar-refractivity contribution in [3.05, 3.63) is 82.4 Å². The van der Waals surface area contributed by atoms with Crippen molar-refractivity contribution in [3.63, 3.8) is 0 Å². The Morgan fingerprint density at radius 1 is 1.03 bits per heavy atom. The number of carbonyl (C=O) groups is 2. The average Bonchev–Trinajstić information content (AvgIpc) is 3.40. The summed E-state index contributed by atoms with van der Waals surface area (Å²) in [6.45, 7) is 8.06. The number of hydrogen-bond donors (Lipinski definition) is 1. The molecular weight excluding hydrogens is 436 g/mol. The summed E-state index contributed by atoms with van der Waals surface area (Å²) in [5.74, 6) is -0.657. The van der Waals surface area contributed by atoms with Gasteiger partial charge in [-0.1, -0.05) is 38.1 Å². The highest BCUT2D eigenvalue weighted by molar-refractivity contribution is 7.14. The zero-order valence-corrected chi connectivity index (χ0v) is 19.8. The molecule has 1 N–H and O–H groups in total. The number of carbonyl (C=O) groups excluding carboxylic acids is 2. The molecular formula is C26H26N2O4S. The molecule has 6 nitrogen and oxygen atoms in total. The zero-order chi connectivity index (χ0) is 23.7. The fourth-order valence-electron chi connectivity index (χ4n) is 3.86. The molecule has 0 radical (unpaired) electrons. The molecule has 2 aromatic carbocycles. The van der Waals surface area contributed by atoms with E-state index >= 15 is 0 Å². The molecule has 1 fully saturated rings. The van der Waals surface area contributed by atoms with Crippen molar-refractivity contribution >= 4 is 33.9 Å². The van der Waals surface area contributed by atoms with E-state index in [1.54, 1.807) is 35.8 Å². The van der Waals surface area contributed by atoms with E-state index in [1.165, 1.54) is 16.2 Å². The lowest BCUT2D eigenvalue weighted by atomic mass is 9.93. The number of benzene rings is 2. The number of anilines is 1. The summed E-state index contributed by atoms with van der Waals surface area (Å²) < 4.78 is 5.67. The Hall–Kier alpha value is -3.45. The van der Waals surface area contributed by atoms with Crippen molar-refractivity contribution in [2.45, 2.75) is 45.8 Å². The highest BCUT2D eigenvalue weighted by Gasteiger charge is 2.47. The van der Waals surface area contributed by atoms with Gasteiger partial charge in [0.05, 0.1) is 17.7 Å². The van der Waals surface area contributed by atoms with E-state index in [0.717, 1.165) is 11.1 Å². The van der Waals surface area contributed by atoms with Crippen molar-refractivity contribution in [1.29, 1.82) is 0 Å². The van der Waals surface area contributed by atoms with Crippen LogP contribution in [0.2, 0.25) is 0 Å². The Labute approximate surface area is 197 Å². The molecule has 1 atom stereocenters. The molecule has 1 aromatic heterocycles. The van der Waals surface area contributed by atoms with Gasteiger partial charge in [0, 0.05) is 17.1 Å². The molecule has 1 amide bonds. The monoisotopic (exact) mass is 462 g/mol. The minimum absolute atomic E-state index is 0.0156. The maximum absolute atomic E-state index is 13.1. The molecule has 170 valence electrons. The molecule has 0 bridgehead atoms. The molecule has 0 saturated carbocycles. The van der Waals surface area contributed by atoms with Crippen molar-refractivity contribution in [2.75, 3.05) is 4.90 Å². The molecule has 4 rings (SSSR count). The SMILES string of the molecule is CC(C)Oc1ccc(/C(O)=C2/C(=O)C(=O)N(c3nccs3)C2c2ccc(C(C)C)cc2)cc1. The number of ether oxygens (including phenoxy) is 1. The van der Waals surface area contributed by atoms with E-state index in [0.29, 0.717) is 22.4 Å². The van der Waals surface area contributed by atoms with Gasteiger partial charge < -0.3 is 9.84 Å². The normalized spacial score (nSPS) is 17.9. The van der Waals surface area contributed by atoms with E-state index in [9.17, 15) is 14.7 Å². The third kappa shape index (κ3) is 4.41. The van der Waals surface area contributed by atoms with Crippen molar-refractivity contribution in [1.82, 2.24) is 4.98 Å². The van der Waals surface area contributed by atoms with Gasteiger partial charge in [0.25, 0.3) is 5.78 Å². The van der Waals surface area contributed by atoms with Gasteiger partial charge in [-0.05, 0) is 55.2 Å². The van der Waals surface area contributed by atoms with Crippen LogP contribution in [0.4, 0.5) is 5.13 Å². The van der Waals surface area contributed by atoms with Crippen LogP contribution in [0.1, 0.15) is 56.3 Å². The summed E-state index contributed by atoms with van der Waals surface area (Å²) in [5.41, 5.74) is 2.36. The summed E-state index contributed by atoms with van der Waals surface area (Å²) in [4.78, 5) is 31.8. The summed E-state index contributed by atoms with van der Waals surface area (Å²) in [6, 6.07) is 13.8. The standard InChI is InChI=1S/C26H26N2O4S/c1-15(2)17-5-7-18(8-6-17)22-21(24(30)25(31)28(22)26-27-13-14-33-26)23(29)19-9-11-20(12-10-19)32-16(3)4/h5-16,22,29H,1-4H3/b23-21-. The zero-order valence-electron chi connectivity index (χ0n) is 19.0. The number of amides is 1. The van der Waals surface area contributed by atoms with Gasteiger partial charge in [-0.15, -0.1) is 11.3 Å². The first-order valence-corrected chi connectivity index (χ1v) is 11.7. The van der Waals surface area contributed by atoms with Crippen molar-refractivity contribution in [2.24, 2.45) is 0 Å². The number of hydrogen-bond acceptors (Lipinski definition) is 6. The molecule has 1 unspecified atom stereocenters. The van der Waals surface area contributed by atoms with Crippen LogP contribution in [0.3, 0.4) is 0 Å². The molecule has 7 heteroatoms. The first-order chi connectivity index (χ1) is 15.8. The molecule has 2 heterocycles. The van der Waals surface area contributed by atoms with Crippen LogP contribution in [-0.2, 0) is 9.59 Å². The highest BCUT2D eigenvalue weighted by Crippen LogP contribution is 2.43. The van der Waals surface area contributed by atoms with Crippen LogP contribution >= 0.6 is 11.3 Å². The van der Waals surface area contributed by atoms with E-state index < -0.39 is 17.7 Å². The fourth-order valence-corrected chi connectivity index (χ4v) is 4.53. The third-order valence-corrected chi connectivity index (χ3v) is 6.26. The Balaban J connectivity index is 1.83. The Kier molecular flexibility index (Phi) is 6.33. The Morgan fingerprint density at radius 3 is 2.24 bits per heavy atom. The van der Waals surface area contributed by atoms with E-state index in [1.807, 2.05) is 38.1 Å². The number of aromatic nitrogens is 1. The molecule has 1 saturated heterocycles. The molecule has 1 aliphatic rings. The van der Waals surface area contributed by atoms with Crippen molar-refractivity contribution < 1.29 is 19.4 Å². The summed E-state index contributed by atoms with van der Waals surface area (Å²) in [6.07, 6.45) is 1.60. The summed E-state index contributed by atoms with van der Waals surface area (Å²) in [5, 5.41) is 13.4. The lowest BCUT2D eigenvalue weighted by Gasteiger charge is -2.23. The molecule has 33 heavy (non-hydrogen) atoms. The second-order valence-corrected chi connectivity index (χ2v) is 9.37. The maximum atomic E-state index is 13.1. The van der Waals surface area contributed by atoms with Gasteiger partial charge in [-0.2, -0.15) is 0 Å². The number of aliphatic hydroxyl groups excluding tert-OH is 1. The quantitative estimate of drug-likeness (QED) is 0.290. The van der Waals surface area contributed by atoms with Gasteiger partial charge in [-0.3, -0.25) is 14.5 Å². The number of thiazole rings is 1. The van der Waals surface area contributed by atoms with Gasteiger partial charge in [-0.25, -0.2) is 4.98 Å². The minimum atomic E-state index is -0.774. The molecule has 3 aromatic rings. The summed E-state index contributed by atoms with van der Waals surface area (Å²) >= 11 is 1.27. The van der Waals surface area contributed by atoms with Gasteiger partial charge in [0.2, 0.25) is 0 Å². The smallest absolute Gasteiger partial charge is 0.301 e. The number of nitrogens with zero attached hydrogens (tertiary/aromatic N) is 2. The van der Waals surface area contributed by atoms with Gasteiger partial charge >= 0.3 is 5.91 Å². The molecule has 0 aliphatic carbocycles. The topological polar surface area (TPSA) is 79.7 Å². The predicted octanol–water partition coefficient (Wildman–Crippen LogP) is 5.68. The van der Waals surface area contributed by atoms with Crippen LogP contribution in [0.25, 0.3) is 5.76 Å². The lowest BCUT2D eigenvalue weighted by molar-refractivity contribution is -0.132. The molecule has 0 spiro atoms. The van der Waals surface area contributed by atoms with Crippen LogP contribution in [0.15, 0.2) is 65.7 Å². The third-order valence-electron chi connectivity index (χ3n) is 5.49. The second kappa shape index (κ2) is 9.19. The number of rotatable bonds is 6. The van der Waals surface area contributed by atoms with E-state index in [4.69, 9.17) is 4.74 Å². The Bertz CT molecular complexity index is 1180. The fraction of sp³-hybridized carbons (Fsp3) is 0.269. The summed E-state index contributed by atoms with van der Waals surface area (Å²) in [7, 11) is 0. The van der Waals surface area contributed by atoms with E-state index in [-0.39, 0.29) is 17.4 Å². The highest BCUT2D eigenvalue weighted by atomic mass is 32.1. The first-order valence-electron chi connectivity index (χ1n) is 10.9. The van der Waals surface area contributed by atoms with Crippen LogP contribution in [0.5, 0.6) is 5.75 Å². The van der Waals surface area contributed by atoms with Crippen LogP contribution in [0, 0.1) is 0 Å². The van der Waals surface area contributed by atoms with Crippen LogP contribution in [-0.4, -0.2) is 27.9 Å². The number of aliphatic hydroxyl groups is 1. The number of Topliss-reactive ketones (excluding diaryl/α,β-unsaturated/α-hetero) is 1. The number of ketones is 1. The van der Waals surface area contributed by atoms with Gasteiger partial charge in [0.1, 0.15) is 11.5 Å². The second-order valence-electron chi connectivity index (χ2n) is 8.50. The molecule has 1 aliphatic heterocycles. The van der Waals surface area contributed by atoms with Crippen molar-refractivity contribution in [3.8, 4) is 5.75 Å². The average molecular weight is 463 g/mol. The first kappa shape index (κ1) is 22.7. The maximum Gasteiger partial charge on any atom is 0.301 e.